The Morgan fingerprint density at radius 2 is 1.53 bits per heavy atom. The number of carbonyl (C=O) groups excluding carboxylic acids is 2. The number of rotatable bonds is 8. The van der Waals surface area contributed by atoms with Crippen molar-refractivity contribution in [3.8, 4) is 17.2 Å². The van der Waals surface area contributed by atoms with Crippen LogP contribution in [-0.4, -0.2) is 75.8 Å². The molecule has 0 aliphatic carbocycles. The highest BCUT2D eigenvalue weighted by molar-refractivity contribution is 6.30. The predicted octanol–water partition coefficient (Wildman–Crippen LogP) is 2.87. The smallest absolute Gasteiger partial charge is 0.338 e. The van der Waals surface area contributed by atoms with Crippen molar-refractivity contribution in [1.82, 2.24) is 9.80 Å². The minimum atomic E-state index is -0.527. The van der Waals surface area contributed by atoms with Crippen LogP contribution in [-0.2, 0) is 16.1 Å². The summed E-state index contributed by atoms with van der Waals surface area (Å²) < 4.78 is 21.1. The van der Waals surface area contributed by atoms with Crippen LogP contribution in [0, 0.1) is 0 Å². The second-order valence-corrected chi connectivity index (χ2v) is 7.71. The number of hydrogen-bond donors (Lipinski definition) is 0. The van der Waals surface area contributed by atoms with Gasteiger partial charge in [-0.05, 0) is 29.8 Å². The largest absolute Gasteiger partial charge is 0.493 e. The SMILES string of the molecule is COC(=O)c1cc(OC)c(OCC(=O)N2CCN(Cc3ccc(Cl)cc3)CC2)c(OC)c1. The van der Waals surface area contributed by atoms with E-state index in [1.807, 2.05) is 24.3 Å². The van der Waals surface area contributed by atoms with E-state index in [4.69, 9.17) is 30.5 Å². The second kappa shape index (κ2) is 11.1. The number of amides is 1. The number of ether oxygens (including phenoxy) is 4. The number of esters is 1. The van der Waals surface area contributed by atoms with Gasteiger partial charge in [0.25, 0.3) is 5.91 Å². The van der Waals surface area contributed by atoms with Gasteiger partial charge in [0.05, 0.1) is 26.9 Å². The third kappa shape index (κ3) is 5.83. The number of nitrogens with zero attached hydrogens (tertiary/aromatic N) is 2. The first-order valence-corrected chi connectivity index (χ1v) is 10.5. The molecule has 0 atom stereocenters. The summed E-state index contributed by atoms with van der Waals surface area (Å²) in [6.45, 7) is 3.43. The quantitative estimate of drug-likeness (QED) is 0.558. The molecule has 172 valence electrons. The van der Waals surface area contributed by atoms with E-state index in [1.165, 1.54) is 39.0 Å². The first kappa shape index (κ1) is 23.7. The molecule has 1 aliphatic heterocycles. The number of methoxy groups -OCH3 is 3. The molecule has 32 heavy (non-hydrogen) atoms. The molecule has 0 aromatic heterocycles. The lowest BCUT2D eigenvalue weighted by molar-refractivity contribution is -0.135. The maximum Gasteiger partial charge on any atom is 0.338 e. The fraction of sp³-hybridized carbons (Fsp3) is 0.391. The second-order valence-electron chi connectivity index (χ2n) is 7.27. The topological polar surface area (TPSA) is 77.5 Å². The molecule has 2 aromatic carbocycles. The van der Waals surface area contributed by atoms with Crippen LogP contribution >= 0.6 is 11.6 Å². The van der Waals surface area contributed by atoms with Crippen molar-refractivity contribution < 1.29 is 28.5 Å². The average Bonchev–Trinajstić information content (AvgIpc) is 2.83. The van der Waals surface area contributed by atoms with Crippen molar-refractivity contribution in [3.05, 3.63) is 52.5 Å². The predicted molar refractivity (Wildman–Crippen MR) is 120 cm³/mol. The molecule has 1 fully saturated rings. The fourth-order valence-corrected chi connectivity index (χ4v) is 3.61. The fourth-order valence-electron chi connectivity index (χ4n) is 3.49. The van der Waals surface area contributed by atoms with Crippen LogP contribution in [0.5, 0.6) is 17.2 Å². The number of carbonyl (C=O) groups is 2. The Kier molecular flexibility index (Phi) is 8.19. The van der Waals surface area contributed by atoms with Gasteiger partial charge in [-0.3, -0.25) is 9.69 Å². The van der Waals surface area contributed by atoms with E-state index in [0.717, 1.165) is 24.7 Å². The summed E-state index contributed by atoms with van der Waals surface area (Å²) in [6.07, 6.45) is 0. The van der Waals surface area contributed by atoms with Crippen LogP contribution in [0.15, 0.2) is 36.4 Å². The van der Waals surface area contributed by atoms with E-state index in [9.17, 15) is 9.59 Å². The number of piperazine rings is 1. The van der Waals surface area contributed by atoms with Gasteiger partial charge in [-0.2, -0.15) is 0 Å². The van der Waals surface area contributed by atoms with Gasteiger partial charge in [0.2, 0.25) is 5.75 Å². The van der Waals surface area contributed by atoms with Gasteiger partial charge in [-0.1, -0.05) is 23.7 Å². The first-order valence-electron chi connectivity index (χ1n) is 10.2. The average molecular weight is 463 g/mol. The Morgan fingerprint density at radius 1 is 0.938 bits per heavy atom. The molecule has 0 radical (unpaired) electrons. The van der Waals surface area contributed by atoms with Crippen molar-refractivity contribution in [2.24, 2.45) is 0 Å². The molecule has 8 nitrogen and oxygen atoms in total. The molecule has 0 saturated carbocycles. The van der Waals surface area contributed by atoms with E-state index in [1.54, 1.807) is 4.90 Å². The van der Waals surface area contributed by atoms with Gasteiger partial charge in [0.15, 0.2) is 18.1 Å². The maximum absolute atomic E-state index is 12.7. The summed E-state index contributed by atoms with van der Waals surface area (Å²) in [5.74, 6) is 0.172. The first-order chi connectivity index (χ1) is 15.4. The van der Waals surface area contributed by atoms with Gasteiger partial charge in [0.1, 0.15) is 0 Å². The molecule has 2 aromatic rings. The highest BCUT2D eigenvalue weighted by atomic mass is 35.5. The van der Waals surface area contributed by atoms with Crippen molar-refractivity contribution in [1.29, 1.82) is 0 Å². The maximum atomic E-state index is 12.7. The summed E-state index contributed by atoms with van der Waals surface area (Å²) in [7, 11) is 4.19. The van der Waals surface area contributed by atoms with Crippen LogP contribution in [0.2, 0.25) is 5.02 Å². The molecular formula is C23H27ClN2O6. The van der Waals surface area contributed by atoms with E-state index in [2.05, 4.69) is 4.90 Å². The normalized spacial score (nSPS) is 14.1. The summed E-state index contributed by atoms with van der Waals surface area (Å²) >= 11 is 5.94. The minimum Gasteiger partial charge on any atom is -0.493 e. The zero-order chi connectivity index (χ0) is 23.1. The zero-order valence-electron chi connectivity index (χ0n) is 18.4. The van der Waals surface area contributed by atoms with Crippen LogP contribution in [0.4, 0.5) is 0 Å². The highest BCUT2D eigenvalue weighted by Crippen LogP contribution is 2.38. The van der Waals surface area contributed by atoms with Crippen molar-refractivity contribution in [2.45, 2.75) is 6.54 Å². The van der Waals surface area contributed by atoms with Crippen molar-refractivity contribution in [3.63, 3.8) is 0 Å². The third-order valence-corrected chi connectivity index (χ3v) is 5.52. The molecule has 0 unspecified atom stereocenters. The standard InChI is InChI=1S/C23H27ClN2O6/c1-29-19-12-17(23(28)31-3)13-20(30-2)22(19)32-15-21(27)26-10-8-25(9-11-26)14-16-4-6-18(24)7-5-16/h4-7,12-13H,8-11,14-15H2,1-3H3. The molecule has 1 saturated heterocycles. The van der Waals surface area contributed by atoms with Crippen molar-refractivity contribution in [2.75, 3.05) is 54.1 Å². The Morgan fingerprint density at radius 3 is 2.06 bits per heavy atom. The molecule has 0 N–H and O–H groups in total. The van der Waals surface area contributed by atoms with Crippen LogP contribution in [0.25, 0.3) is 0 Å². The molecule has 9 heteroatoms. The molecular weight excluding hydrogens is 436 g/mol. The number of hydrogen-bond acceptors (Lipinski definition) is 7. The summed E-state index contributed by atoms with van der Waals surface area (Å²) in [6, 6.07) is 10.8. The molecule has 1 amide bonds. The van der Waals surface area contributed by atoms with E-state index < -0.39 is 5.97 Å². The van der Waals surface area contributed by atoms with Gasteiger partial charge >= 0.3 is 5.97 Å². The van der Waals surface area contributed by atoms with Gasteiger partial charge in [-0.25, -0.2) is 4.79 Å². The van der Waals surface area contributed by atoms with Crippen molar-refractivity contribution >= 4 is 23.5 Å². The van der Waals surface area contributed by atoms with E-state index in [0.29, 0.717) is 13.1 Å². The molecule has 0 bridgehead atoms. The van der Waals surface area contributed by atoms with Gasteiger partial charge in [0, 0.05) is 37.7 Å². The lowest BCUT2D eigenvalue weighted by Crippen LogP contribution is -2.49. The van der Waals surface area contributed by atoms with Gasteiger partial charge in [-0.15, -0.1) is 0 Å². The molecule has 0 spiro atoms. The lowest BCUT2D eigenvalue weighted by Gasteiger charge is -2.34. The third-order valence-electron chi connectivity index (χ3n) is 5.27. The highest BCUT2D eigenvalue weighted by Gasteiger charge is 2.23. The summed E-state index contributed by atoms with van der Waals surface area (Å²) in [4.78, 5) is 28.6. The molecule has 3 rings (SSSR count). The van der Waals surface area contributed by atoms with E-state index >= 15 is 0 Å². The number of halogens is 1. The Bertz CT molecular complexity index is 917. The van der Waals surface area contributed by atoms with E-state index in [-0.39, 0.29) is 35.3 Å². The Labute approximate surface area is 192 Å². The molecule has 1 heterocycles. The zero-order valence-corrected chi connectivity index (χ0v) is 19.2. The number of benzene rings is 2. The van der Waals surface area contributed by atoms with Crippen LogP contribution < -0.4 is 14.2 Å². The van der Waals surface area contributed by atoms with Crippen LogP contribution in [0.3, 0.4) is 0 Å². The summed E-state index contributed by atoms with van der Waals surface area (Å²) in [5, 5.41) is 0.720. The Hall–Kier alpha value is -2.97. The monoisotopic (exact) mass is 462 g/mol. The minimum absolute atomic E-state index is 0.128. The Balaban J connectivity index is 1.56. The van der Waals surface area contributed by atoms with Gasteiger partial charge < -0.3 is 23.8 Å². The summed E-state index contributed by atoms with van der Waals surface area (Å²) in [5.41, 5.74) is 1.45. The molecule has 1 aliphatic rings. The van der Waals surface area contributed by atoms with Crippen LogP contribution in [0.1, 0.15) is 15.9 Å². The lowest BCUT2D eigenvalue weighted by atomic mass is 10.2.